The first-order valence-corrected chi connectivity index (χ1v) is 5.41. The normalized spacial score (nSPS) is 15.5. The van der Waals surface area contributed by atoms with E-state index in [2.05, 4.69) is 29.2 Å². The highest BCUT2D eigenvalue weighted by Gasteiger charge is 2.16. The number of nitrogens with zero attached hydrogens (tertiary/aromatic N) is 1. The largest absolute Gasteiger partial charge is 0.481 e. The van der Waals surface area contributed by atoms with E-state index in [1.165, 1.54) is 11.1 Å². The molecule has 1 N–H and O–H groups in total. The van der Waals surface area contributed by atoms with Gasteiger partial charge in [0.1, 0.15) is 0 Å². The third kappa shape index (κ3) is 2.70. The molecule has 3 nitrogen and oxygen atoms in total. The second kappa shape index (κ2) is 4.94. The molecule has 0 aliphatic carbocycles. The van der Waals surface area contributed by atoms with Gasteiger partial charge < -0.3 is 5.11 Å². The van der Waals surface area contributed by atoms with Crippen molar-refractivity contribution in [2.24, 2.45) is 0 Å². The topological polar surface area (TPSA) is 40.5 Å². The van der Waals surface area contributed by atoms with Crippen molar-refractivity contribution >= 4 is 5.97 Å². The Morgan fingerprint density at radius 2 is 1.88 bits per heavy atom. The Labute approximate surface area is 95.0 Å². The van der Waals surface area contributed by atoms with Crippen molar-refractivity contribution in [2.45, 2.75) is 19.5 Å². The van der Waals surface area contributed by atoms with E-state index in [4.69, 9.17) is 5.11 Å². The third-order valence-corrected chi connectivity index (χ3v) is 2.73. The molecule has 0 spiro atoms. The first-order valence-electron chi connectivity index (χ1n) is 5.41. The minimum atomic E-state index is -0.777. The molecule has 84 valence electrons. The molecule has 0 atom stereocenters. The molecule has 0 saturated carbocycles. The molecule has 0 aromatic heterocycles. The van der Waals surface area contributed by atoms with Crippen LogP contribution in [-0.4, -0.2) is 22.5 Å². The molecule has 1 aromatic carbocycles. The van der Waals surface area contributed by atoms with Crippen molar-refractivity contribution in [2.75, 3.05) is 6.54 Å². The smallest absolute Gasteiger partial charge is 0.307 e. The highest BCUT2D eigenvalue weighted by atomic mass is 16.4. The number of carbonyl (C=O) groups is 1. The molecule has 16 heavy (non-hydrogen) atoms. The van der Waals surface area contributed by atoms with Gasteiger partial charge in [-0.05, 0) is 11.1 Å². The lowest BCUT2D eigenvalue weighted by atomic mass is 10.1. The van der Waals surface area contributed by atoms with Crippen LogP contribution in [0.2, 0.25) is 0 Å². The summed E-state index contributed by atoms with van der Waals surface area (Å²) in [5, 5.41) is 8.48. The van der Waals surface area contributed by atoms with Gasteiger partial charge in [0.05, 0.1) is 6.42 Å². The molecule has 2 rings (SSSR count). The molecule has 1 heterocycles. The zero-order valence-electron chi connectivity index (χ0n) is 9.10. The van der Waals surface area contributed by atoms with Gasteiger partial charge in [-0.15, -0.1) is 0 Å². The van der Waals surface area contributed by atoms with Crippen molar-refractivity contribution in [1.82, 2.24) is 4.90 Å². The van der Waals surface area contributed by atoms with E-state index >= 15 is 0 Å². The summed E-state index contributed by atoms with van der Waals surface area (Å²) in [6.45, 7) is 2.75. The van der Waals surface area contributed by atoms with Gasteiger partial charge in [-0.2, -0.15) is 0 Å². The van der Waals surface area contributed by atoms with Crippen LogP contribution in [0.15, 0.2) is 36.4 Å². The Kier molecular flexibility index (Phi) is 3.37. The van der Waals surface area contributed by atoms with Crippen molar-refractivity contribution in [3.63, 3.8) is 0 Å². The zero-order chi connectivity index (χ0) is 11.4. The van der Waals surface area contributed by atoms with Crippen molar-refractivity contribution in [3.05, 3.63) is 47.5 Å². The fourth-order valence-electron chi connectivity index (χ4n) is 1.94. The van der Waals surface area contributed by atoms with Crippen LogP contribution in [0.5, 0.6) is 0 Å². The number of hydrogen-bond donors (Lipinski definition) is 1. The fraction of sp³-hybridized carbons (Fsp3) is 0.308. The van der Waals surface area contributed by atoms with E-state index < -0.39 is 5.97 Å². The Balaban J connectivity index is 1.83. The van der Waals surface area contributed by atoms with Crippen LogP contribution >= 0.6 is 0 Å². The molecule has 0 fully saturated rings. The summed E-state index contributed by atoms with van der Waals surface area (Å²) >= 11 is 0. The van der Waals surface area contributed by atoms with Crippen molar-refractivity contribution in [1.29, 1.82) is 0 Å². The molecule has 3 heteroatoms. The predicted molar refractivity (Wildman–Crippen MR) is 61.9 cm³/mol. The lowest BCUT2D eigenvalue weighted by Crippen LogP contribution is -2.15. The summed E-state index contributed by atoms with van der Waals surface area (Å²) in [5.41, 5.74) is 2.77. The molecule has 1 aromatic rings. The average Bonchev–Trinajstić information content (AvgIpc) is 2.66. The fourth-order valence-corrected chi connectivity index (χ4v) is 1.94. The van der Waals surface area contributed by atoms with E-state index in [9.17, 15) is 4.79 Å². The SMILES string of the molecule is O=C(O)C/C=C/CN1Cc2ccccc2C1. The van der Waals surface area contributed by atoms with E-state index in [0.717, 1.165) is 19.6 Å². The number of fused-ring (bicyclic) bond motifs is 1. The van der Waals surface area contributed by atoms with Crippen LogP contribution in [0.4, 0.5) is 0 Å². The third-order valence-electron chi connectivity index (χ3n) is 2.73. The van der Waals surface area contributed by atoms with Gasteiger partial charge in [0.25, 0.3) is 0 Å². The molecule has 1 aliphatic rings. The van der Waals surface area contributed by atoms with Crippen LogP contribution in [0, 0.1) is 0 Å². The minimum absolute atomic E-state index is 0.112. The summed E-state index contributed by atoms with van der Waals surface area (Å²) in [7, 11) is 0. The van der Waals surface area contributed by atoms with E-state index in [0.29, 0.717) is 0 Å². The summed E-state index contributed by atoms with van der Waals surface area (Å²) in [5.74, 6) is -0.777. The number of hydrogen-bond acceptors (Lipinski definition) is 2. The highest BCUT2D eigenvalue weighted by molar-refractivity contribution is 5.68. The summed E-state index contributed by atoms with van der Waals surface area (Å²) in [4.78, 5) is 12.6. The van der Waals surface area contributed by atoms with Crippen molar-refractivity contribution in [3.8, 4) is 0 Å². The Morgan fingerprint density at radius 1 is 1.25 bits per heavy atom. The molecular weight excluding hydrogens is 202 g/mol. The highest BCUT2D eigenvalue weighted by Crippen LogP contribution is 2.21. The maximum Gasteiger partial charge on any atom is 0.307 e. The number of carboxylic acid groups (broad SMARTS) is 1. The van der Waals surface area contributed by atoms with Gasteiger partial charge in [-0.1, -0.05) is 36.4 Å². The van der Waals surface area contributed by atoms with Gasteiger partial charge >= 0.3 is 5.97 Å². The Bertz CT molecular complexity index is 387. The van der Waals surface area contributed by atoms with Gasteiger partial charge in [-0.25, -0.2) is 0 Å². The van der Waals surface area contributed by atoms with E-state index in [-0.39, 0.29) is 6.42 Å². The minimum Gasteiger partial charge on any atom is -0.481 e. The summed E-state index contributed by atoms with van der Waals surface area (Å²) in [6.07, 6.45) is 3.76. The van der Waals surface area contributed by atoms with E-state index in [1.54, 1.807) is 6.08 Å². The van der Waals surface area contributed by atoms with Crippen LogP contribution in [0.25, 0.3) is 0 Å². The van der Waals surface area contributed by atoms with Gasteiger partial charge in [-0.3, -0.25) is 9.69 Å². The molecule has 0 amide bonds. The molecule has 1 aliphatic heterocycles. The quantitative estimate of drug-likeness (QED) is 0.784. The van der Waals surface area contributed by atoms with Crippen molar-refractivity contribution < 1.29 is 9.90 Å². The molecule has 0 radical (unpaired) electrons. The first kappa shape index (κ1) is 10.9. The molecular formula is C13H15NO2. The maximum atomic E-state index is 10.3. The number of aliphatic carboxylic acids is 1. The second-order valence-electron chi connectivity index (χ2n) is 4.01. The lowest BCUT2D eigenvalue weighted by molar-refractivity contribution is -0.136. The summed E-state index contributed by atoms with van der Waals surface area (Å²) < 4.78 is 0. The average molecular weight is 217 g/mol. The Hall–Kier alpha value is -1.61. The monoisotopic (exact) mass is 217 g/mol. The summed E-state index contributed by atoms with van der Waals surface area (Å²) in [6, 6.07) is 8.41. The van der Waals surface area contributed by atoms with Crippen LogP contribution < -0.4 is 0 Å². The zero-order valence-corrected chi connectivity index (χ0v) is 9.10. The second-order valence-corrected chi connectivity index (χ2v) is 4.01. The molecule has 0 saturated heterocycles. The molecule has 0 bridgehead atoms. The lowest BCUT2D eigenvalue weighted by Gasteiger charge is -2.10. The first-order chi connectivity index (χ1) is 7.75. The standard InChI is InChI=1S/C13H15NO2/c15-13(16)7-3-4-8-14-9-11-5-1-2-6-12(11)10-14/h1-6H,7-10H2,(H,15,16)/b4-3+. The van der Waals surface area contributed by atoms with Gasteiger partial charge in [0.15, 0.2) is 0 Å². The van der Waals surface area contributed by atoms with Gasteiger partial charge in [0.2, 0.25) is 0 Å². The number of carboxylic acids is 1. The molecule has 0 unspecified atom stereocenters. The van der Waals surface area contributed by atoms with Gasteiger partial charge in [0, 0.05) is 19.6 Å². The van der Waals surface area contributed by atoms with Crippen LogP contribution in [0.3, 0.4) is 0 Å². The van der Waals surface area contributed by atoms with Crippen LogP contribution in [-0.2, 0) is 17.9 Å². The van der Waals surface area contributed by atoms with Crippen LogP contribution in [0.1, 0.15) is 17.5 Å². The van der Waals surface area contributed by atoms with E-state index in [1.807, 2.05) is 6.08 Å². The predicted octanol–water partition coefficient (Wildman–Crippen LogP) is 2.03. The maximum absolute atomic E-state index is 10.3. The Morgan fingerprint density at radius 3 is 2.44 bits per heavy atom. The number of rotatable bonds is 4. The number of benzene rings is 1.